The van der Waals surface area contributed by atoms with Crippen molar-refractivity contribution in [1.82, 2.24) is 19.4 Å². The molecule has 0 atom stereocenters. The van der Waals surface area contributed by atoms with Crippen LogP contribution in [0.4, 0.5) is 5.82 Å². The zero-order valence-electron chi connectivity index (χ0n) is 16.0. The van der Waals surface area contributed by atoms with Gasteiger partial charge >= 0.3 is 11.8 Å². The van der Waals surface area contributed by atoms with E-state index in [-0.39, 0.29) is 5.82 Å². The fourth-order valence-electron chi connectivity index (χ4n) is 3.27. The number of methoxy groups -OCH3 is 1. The summed E-state index contributed by atoms with van der Waals surface area (Å²) < 4.78 is 12.4. The van der Waals surface area contributed by atoms with Gasteiger partial charge in [-0.05, 0) is 22.1 Å². The molecule has 1 aliphatic heterocycles. The molecule has 0 aliphatic carbocycles. The van der Waals surface area contributed by atoms with Crippen LogP contribution in [0.5, 0.6) is 11.9 Å². The Hall–Kier alpha value is -3.46. The lowest BCUT2D eigenvalue weighted by Gasteiger charge is -2.24. The first-order valence-corrected chi connectivity index (χ1v) is 9.28. The second-order valence-corrected chi connectivity index (χ2v) is 6.74. The van der Waals surface area contributed by atoms with Crippen LogP contribution in [0.2, 0.25) is 0 Å². The van der Waals surface area contributed by atoms with Crippen LogP contribution in [0.25, 0.3) is 11.1 Å². The number of ether oxygens (including phenoxy) is 2. The molecule has 3 aromatic rings. The van der Waals surface area contributed by atoms with Crippen molar-refractivity contribution in [2.45, 2.75) is 13.1 Å². The quantitative estimate of drug-likeness (QED) is 0.484. The summed E-state index contributed by atoms with van der Waals surface area (Å²) in [5, 5.41) is 10.9. The second kappa shape index (κ2) is 8.27. The van der Waals surface area contributed by atoms with Crippen molar-refractivity contribution >= 4 is 5.82 Å². The summed E-state index contributed by atoms with van der Waals surface area (Å²) in [6, 6.07) is 12.5. The molecule has 0 spiro atoms. The molecule has 1 aliphatic rings. The smallest absolute Gasteiger partial charge is 0.414 e. The maximum absolute atomic E-state index is 10.9. The first-order chi connectivity index (χ1) is 14.1. The van der Waals surface area contributed by atoms with Crippen LogP contribution >= 0.6 is 0 Å². The van der Waals surface area contributed by atoms with Crippen molar-refractivity contribution in [2.75, 3.05) is 26.8 Å². The Morgan fingerprint density at radius 1 is 1.14 bits per heavy atom. The zero-order chi connectivity index (χ0) is 20.2. The average molecular weight is 395 g/mol. The predicted octanol–water partition coefficient (Wildman–Crippen LogP) is 2.76. The number of nitrogens with zero attached hydrogens (tertiary/aromatic N) is 5. The van der Waals surface area contributed by atoms with E-state index in [0.29, 0.717) is 25.0 Å². The van der Waals surface area contributed by atoms with Crippen molar-refractivity contribution in [3.8, 4) is 23.0 Å². The Morgan fingerprint density at radius 3 is 2.62 bits per heavy atom. The van der Waals surface area contributed by atoms with Gasteiger partial charge in [-0.3, -0.25) is 9.47 Å². The van der Waals surface area contributed by atoms with Crippen molar-refractivity contribution in [3.05, 3.63) is 64.5 Å². The highest BCUT2D eigenvalue weighted by atomic mass is 16.6. The summed E-state index contributed by atoms with van der Waals surface area (Å²) in [4.78, 5) is 20.8. The third kappa shape index (κ3) is 4.35. The van der Waals surface area contributed by atoms with Crippen LogP contribution in [0.1, 0.15) is 5.56 Å². The van der Waals surface area contributed by atoms with Gasteiger partial charge in [-0.15, -0.1) is 0 Å². The van der Waals surface area contributed by atoms with E-state index >= 15 is 0 Å². The molecule has 0 unspecified atom stereocenters. The number of benzene rings is 1. The number of fused-ring (bicyclic) bond motifs is 1. The van der Waals surface area contributed by atoms with Gasteiger partial charge in [0.2, 0.25) is 5.88 Å². The van der Waals surface area contributed by atoms with Gasteiger partial charge in [-0.1, -0.05) is 24.3 Å². The number of nitro groups is 1. The first-order valence-electron chi connectivity index (χ1n) is 9.28. The largest absolute Gasteiger partial charge is 0.481 e. The van der Waals surface area contributed by atoms with E-state index in [9.17, 15) is 10.1 Å². The highest BCUT2D eigenvalue weighted by molar-refractivity contribution is 5.62. The molecule has 0 amide bonds. The first kappa shape index (κ1) is 18.9. The van der Waals surface area contributed by atoms with E-state index in [4.69, 9.17) is 9.47 Å². The maximum Gasteiger partial charge on any atom is 0.414 e. The van der Waals surface area contributed by atoms with Crippen LogP contribution in [0.3, 0.4) is 0 Å². The Bertz CT molecular complexity index is 985. The molecule has 0 saturated heterocycles. The molecule has 150 valence electrons. The van der Waals surface area contributed by atoms with Crippen LogP contribution in [-0.4, -0.2) is 51.2 Å². The van der Waals surface area contributed by atoms with Crippen molar-refractivity contribution in [3.63, 3.8) is 0 Å². The van der Waals surface area contributed by atoms with Gasteiger partial charge < -0.3 is 19.6 Å². The molecule has 4 rings (SSSR count). The van der Waals surface area contributed by atoms with Gasteiger partial charge in [0.05, 0.1) is 7.11 Å². The van der Waals surface area contributed by atoms with Crippen LogP contribution in [0, 0.1) is 10.1 Å². The Balaban J connectivity index is 1.40. The molecule has 0 radical (unpaired) electrons. The summed E-state index contributed by atoms with van der Waals surface area (Å²) in [6.07, 6.45) is 3.22. The Morgan fingerprint density at radius 2 is 1.93 bits per heavy atom. The number of pyridine rings is 1. The Kier molecular flexibility index (Phi) is 5.39. The van der Waals surface area contributed by atoms with Gasteiger partial charge in [0.15, 0.2) is 0 Å². The average Bonchev–Trinajstić information content (AvgIpc) is 3.13. The van der Waals surface area contributed by atoms with Crippen LogP contribution in [0.15, 0.2) is 48.8 Å². The third-order valence-corrected chi connectivity index (χ3v) is 4.85. The van der Waals surface area contributed by atoms with E-state index in [1.807, 2.05) is 12.1 Å². The second-order valence-electron chi connectivity index (χ2n) is 6.74. The highest BCUT2D eigenvalue weighted by Gasteiger charge is 2.22. The number of aromatic nitrogens is 3. The van der Waals surface area contributed by atoms with Crippen LogP contribution in [-0.2, 0) is 13.1 Å². The monoisotopic (exact) mass is 395 g/mol. The molecule has 0 N–H and O–H groups in total. The summed E-state index contributed by atoms with van der Waals surface area (Å²) in [7, 11) is 1.60. The van der Waals surface area contributed by atoms with Gasteiger partial charge in [-0.25, -0.2) is 4.98 Å². The minimum absolute atomic E-state index is 0.183. The summed E-state index contributed by atoms with van der Waals surface area (Å²) in [6.45, 7) is 3.28. The lowest BCUT2D eigenvalue weighted by Crippen LogP contribution is -2.33. The van der Waals surface area contributed by atoms with Gasteiger partial charge in [-0.2, -0.15) is 0 Å². The summed E-state index contributed by atoms with van der Waals surface area (Å²) in [5.41, 5.74) is 3.31. The summed E-state index contributed by atoms with van der Waals surface area (Å²) in [5.74, 6) is 0.410. The fraction of sp³-hybridized carbons (Fsp3) is 0.300. The van der Waals surface area contributed by atoms with Gasteiger partial charge in [0.25, 0.3) is 0 Å². The molecule has 9 heteroatoms. The number of hydrogen-bond donors (Lipinski definition) is 0. The molecule has 0 bridgehead atoms. The van der Waals surface area contributed by atoms with Crippen molar-refractivity contribution < 1.29 is 14.4 Å². The summed E-state index contributed by atoms with van der Waals surface area (Å²) >= 11 is 0. The predicted molar refractivity (Wildman–Crippen MR) is 106 cm³/mol. The topological polar surface area (TPSA) is 95.5 Å². The van der Waals surface area contributed by atoms with E-state index in [1.165, 1.54) is 11.8 Å². The molecular formula is C20H21N5O4. The standard InChI is InChI=1S/C20H21N5O4/c1-28-19-7-6-17(12-21-19)16-4-2-15(3-5-16)13-23-8-9-24-14-18(25(26)27)22-20(24)29-11-10-23/h2-7,12,14H,8-11,13H2,1H3. The fourth-order valence-corrected chi connectivity index (χ4v) is 3.27. The lowest BCUT2D eigenvalue weighted by molar-refractivity contribution is -0.389. The van der Waals surface area contributed by atoms with Gasteiger partial charge in [0.1, 0.15) is 12.8 Å². The maximum atomic E-state index is 10.9. The van der Waals surface area contributed by atoms with E-state index in [2.05, 4.69) is 39.1 Å². The molecule has 9 nitrogen and oxygen atoms in total. The van der Waals surface area contributed by atoms with Crippen LogP contribution < -0.4 is 9.47 Å². The highest BCUT2D eigenvalue weighted by Crippen LogP contribution is 2.22. The SMILES string of the molecule is COc1ccc(-c2ccc(CN3CCOc4nc([N+](=O)[O-])cn4CC3)cc2)cn1. The van der Waals surface area contributed by atoms with E-state index in [1.54, 1.807) is 17.9 Å². The molecule has 1 aromatic carbocycles. The molecule has 0 fully saturated rings. The van der Waals surface area contributed by atoms with Crippen molar-refractivity contribution in [1.29, 1.82) is 0 Å². The van der Waals surface area contributed by atoms with Crippen molar-refractivity contribution in [2.24, 2.45) is 0 Å². The zero-order valence-corrected chi connectivity index (χ0v) is 16.0. The number of hydrogen-bond acceptors (Lipinski definition) is 7. The third-order valence-electron chi connectivity index (χ3n) is 4.85. The molecular weight excluding hydrogens is 374 g/mol. The lowest BCUT2D eigenvalue weighted by atomic mass is 10.1. The minimum Gasteiger partial charge on any atom is -0.481 e. The normalized spacial score (nSPS) is 14.4. The molecule has 0 saturated carbocycles. The number of rotatable bonds is 5. The van der Waals surface area contributed by atoms with Gasteiger partial charge in [0, 0.05) is 49.0 Å². The number of imidazole rings is 1. The van der Waals surface area contributed by atoms with E-state index < -0.39 is 4.92 Å². The molecule has 2 aromatic heterocycles. The minimum atomic E-state index is -0.501. The molecule has 3 heterocycles. The molecule has 29 heavy (non-hydrogen) atoms. The van der Waals surface area contributed by atoms with E-state index in [0.717, 1.165) is 30.8 Å². The Labute approximate surface area is 167 Å².